The van der Waals surface area contributed by atoms with Crippen molar-refractivity contribution in [2.75, 3.05) is 46.2 Å². The number of rotatable bonds is 5. The van der Waals surface area contributed by atoms with E-state index in [1.807, 2.05) is 44.1 Å². The Hall–Kier alpha value is -1.95. The minimum absolute atomic E-state index is 0.00743. The second-order valence-electron chi connectivity index (χ2n) is 6.54. The number of nitrogens with zero attached hydrogens (tertiary/aromatic N) is 5. The van der Waals surface area contributed by atoms with Gasteiger partial charge in [-0.05, 0) is 33.0 Å². The van der Waals surface area contributed by atoms with Gasteiger partial charge in [0.2, 0.25) is 5.91 Å². The van der Waals surface area contributed by atoms with Crippen molar-refractivity contribution >= 4 is 11.7 Å². The molecular formula is C17H27N5O. The summed E-state index contributed by atoms with van der Waals surface area (Å²) >= 11 is 0. The van der Waals surface area contributed by atoms with Gasteiger partial charge in [-0.3, -0.25) is 4.79 Å². The first-order chi connectivity index (χ1) is 10.9. The Morgan fingerprint density at radius 1 is 1.39 bits per heavy atom. The van der Waals surface area contributed by atoms with Crippen molar-refractivity contribution in [3.8, 4) is 0 Å². The molecule has 6 heteroatoms. The standard InChI is InChI=1S/C17H27N5O/c1-6-16(23)22-9-7-8-13(11-22)17-18-14(12-20(2)3)10-15(19-17)21(4)5/h6,10,13H,1,7-9,11-12H2,2-5H3. The fraction of sp³-hybridized carbons (Fsp3) is 0.588. The molecule has 1 aliphatic rings. The fourth-order valence-corrected chi connectivity index (χ4v) is 2.84. The van der Waals surface area contributed by atoms with E-state index in [4.69, 9.17) is 9.97 Å². The number of anilines is 1. The summed E-state index contributed by atoms with van der Waals surface area (Å²) in [6, 6.07) is 2.03. The molecule has 1 aliphatic heterocycles. The largest absolute Gasteiger partial charge is 0.363 e. The zero-order valence-electron chi connectivity index (χ0n) is 14.6. The van der Waals surface area contributed by atoms with Gasteiger partial charge in [0, 0.05) is 45.7 Å². The van der Waals surface area contributed by atoms with E-state index in [2.05, 4.69) is 11.5 Å². The molecule has 0 spiro atoms. The Morgan fingerprint density at radius 3 is 2.74 bits per heavy atom. The van der Waals surface area contributed by atoms with Crippen molar-refractivity contribution in [2.24, 2.45) is 0 Å². The highest BCUT2D eigenvalue weighted by molar-refractivity contribution is 5.87. The highest BCUT2D eigenvalue weighted by Gasteiger charge is 2.26. The van der Waals surface area contributed by atoms with Crippen LogP contribution in [-0.4, -0.2) is 67.0 Å². The van der Waals surface area contributed by atoms with Gasteiger partial charge in [-0.25, -0.2) is 9.97 Å². The van der Waals surface area contributed by atoms with E-state index in [1.165, 1.54) is 6.08 Å². The van der Waals surface area contributed by atoms with Gasteiger partial charge in [0.1, 0.15) is 11.6 Å². The van der Waals surface area contributed by atoms with E-state index in [0.717, 1.165) is 43.3 Å². The van der Waals surface area contributed by atoms with Crippen LogP contribution in [-0.2, 0) is 11.3 Å². The average molecular weight is 317 g/mol. The Bertz CT molecular complexity index is 570. The lowest BCUT2D eigenvalue weighted by Gasteiger charge is -2.31. The number of piperidine rings is 1. The van der Waals surface area contributed by atoms with Crippen LogP contribution in [0, 0.1) is 0 Å². The summed E-state index contributed by atoms with van der Waals surface area (Å²) in [7, 11) is 8.03. The molecule has 1 atom stereocenters. The normalized spacial score (nSPS) is 18.1. The molecule has 2 rings (SSSR count). The minimum atomic E-state index is -0.00743. The maximum atomic E-state index is 11.9. The first kappa shape index (κ1) is 17.4. The van der Waals surface area contributed by atoms with Gasteiger partial charge in [0.15, 0.2) is 0 Å². The molecule has 126 valence electrons. The zero-order chi connectivity index (χ0) is 17.0. The Balaban J connectivity index is 2.27. The van der Waals surface area contributed by atoms with Crippen LogP contribution < -0.4 is 4.90 Å². The molecule has 1 fully saturated rings. The molecule has 1 aromatic rings. The lowest BCUT2D eigenvalue weighted by Crippen LogP contribution is -2.38. The zero-order valence-corrected chi connectivity index (χ0v) is 14.6. The van der Waals surface area contributed by atoms with Gasteiger partial charge < -0.3 is 14.7 Å². The Kier molecular flexibility index (Phi) is 5.71. The molecule has 1 amide bonds. The summed E-state index contributed by atoms with van der Waals surface area (Å²) in [6.07, 6.45) is 3.37. The van der Waals surface area contributed by atoms with E-state index in [1.54, 1.807) is 0 Å². The molecule has 0 saturated carbocycles. The molecule has 1 saturated heterocycles. The molecule has 6 nitrogen and oxygen atoms in total. The predicted octanol–water partition coefficient (Wildman–Crippen LogP) is 1.50. The molecule has 0 aromatic carbocycles. The Morgan fingerprint density at radius 2 is 2.13 bits per heavy atom. The maximum Gasteiger partial charge on any atom is 0.245 e. The van der Waals surface area contributed by atoms with Crippen molar-refractivity contribution in [1.82, 2.24) is 19.8 Å². The number of hydrogen-bond acceptors (Lipinski definition) is 5. The molecule has 2 heterocycles. The second-order valence-corrected chi connectivity index (χ2v) is 6.54. The third-order valence-electron chi connectivity index (χ3n) is 3.99. The van der Waals surface area contributed by atoms with E-state index in [-0.39, 0.29) is 11.8 Å². The maximum absolute atomic E-state index is 11.9. The van der Waals surface area contributed by atoms with Crippen molar-refractivity contribution in [1.29, 1.82) is 0 Å². The van der Waals surface area contributed by atoms with Crippen LogP contribution in [0.15, 0.2) is 18.7 Å². The van der Waals surface area contributed by atoms with Crippen molar-refractivity contribution in [3.63, 3.8) is 0 Å². The van der Waals surface area contributed by atoms with Gasteiger partial charge in [-0.15, -0.1) is 0 Å². The van der Waals surface area contributed by atoms with Crippen LogP contribution in [0.1, 0.15) is 30.3 Å². The number of aromatic nitrogens is 2. The molecule has 0 aliphatic carbocycles. The smallest absolute Gasteiger partial charge is 0.245 e. The first-order valence-corrected chi connectivity index (χ1v) is 8.02. The van der Waals surface area contributed by atoms with E-state index in [0.29, 0.717) is 6.54 Å². The van der Waals surface area contributed by atoms with E-state index >= 15 is 0 Å². The third-order valence-corrected chi connectivity index (χ3v) is 3.99. The highest BCUT2D eigenvalue weighted by Crippen LogP contribution is 2.26. The molecule has 1 aromatic heterocycles. The molecule has 1 unspecified atom stereocenters. The first-order valence-electron chi connectivity index (χ1n) is 8.02. The quantitative estimate of drug-likeness (QED) is 0.770. The summed E-state index contributed by atoms with van der Waals surface area (Å²) in [5, 5.41) is 0. The number of amides is 1. The fourth-order valence-electron chi connectivity index (χ4n) is 2.84. The third kappa shape index (κ3) is 4.51. The van der Waals surface area contributed by atoms with Gasteiger partial charge in [0.05, 0.1) is 5.69 Å². The van der Waals surface area contributed by atoms with Crippen LogP contribution in [0.3, 0.4) is 0 Å². The second kappa shape index (κ2) is 7.55. The van der Waals surface area contributed by atoms with E-state index < -0.39 is 0 Å². The van der Waals surface area contributed by atoms with Gasteiger partial charge >= 0.3 is 0 Å². The summed E-state index contributed by atoms with van der Waals surface area (Å²) in [6.45, 7) is 5.82. The summed E-state index contributed by atoms with van der Waals surface area (Å²) in [5.41, 5.74) is 1.01. The average Bonchev–Trinajstić information content (AvgIpc) is 2.53. The van der Waals surface area contributed by atoms with Gasteiger partial charge in [-0.2, -0.15) is 0 Å². The van der Waals surface area contributed by atoms with Crippen LogP contribution in [0.5, 0.6) is 0 Å². The number of carbonyl (C=O) groups is 1. The Labute approximate surface area is 138 Å². The molecule has 0 radical (unpaired) electrons. The summed E-state index contributed by atoms with van der Waals surface area (Å²) in [5.74, 6) is 1.94. The lowest BCUT2D eigenvalue weighted by molar-refractivity contribution is -0.127. The lowest BCUT2D eigenvalue weighted by atomic mass is 9.97. The topological polar surface area (TPSA) is 52.6 Å². The van der Waals surface area contributed by atoms with Crippen LogP contribution in [0.2, 0.25) is 0 Å². The SMILES string of the molecule is C=CC(=O)N1CCCC(c2nc(CN(C)C)cc(N(C)C)n2)C1. The highest BCUT2D eigenvalue weighted by atomic mass is 16.2. The number of hydrogen-bond donors (Lipinski definition) is 0. The molecule has 23 heavy (non-hydrogen) atoms. The number of carbonyl (C=O) groups excluding carboxylic acids is 1. The molecule has 0 bridgehead atoms. The van der Waals surface area contributed by atoms with Crippen molar-refractivity contribution < 1.29 is 4.79 Å². The molecule has 0 N–H and O–H groups in total. The van der Waals surface area contributed by atoms with Crippen LogP contribution in [0.25, 0.3) is 0 Å². The van der Waals surface area contributed by atoms with Crippen molar-refractivity contribution in [3.05, 3.63) is 30.2 Å². The predicted molar refractivity (Wildman–Crippen MR) is 92.5 cm³/mol. The van der Waals surface area contributed by atoms with Gasteiger partial charge in [0.25, 0.3) is 0 Å². The summed E-state index contributed by atoms with van der Waals surface area (Å²) in [4.78, 5) is 27.3. The molecular weight excluding hydrogens is 290 g/mol. The van der Waals surface area contributed by atoms with E-state index in [9.17, 15) is 4.79 Å². The van der Waals surface area contributed by atoms with Crippen LogP contribution >= 0.6 is 0 Å². The van der Waals surface area contributed by atoms with Gasteiger partial charge in [-0.1, -0.05) is 6.58 Å². The van der Waals surface area contributed by atoms with Crippen molar-refractivity contribution in [2.45, 2.75) is 25.3 Å². The minimum Gasteiger partial charge on any atom is -0.363 e. The monoisotopic (exact) mass is 317 g/mol. The summed E-state index contributed by atoms with van der Waals surface area (Å²) < 4.78 is 0. The van der Waals surface area contributed by atoms with Crippen LogP contribution in [0.4, 0.5) is 5.82 Å². The number of likely N-dealkylation sites (tertiary alicyclic amines) is 1.